The monoisotopic (exact) mass is 436 g/mol. The first-order valence-electron chi connectivity index (χ1n) is 12.6. The lowest BCUT2D eigenvalue weighted by atomic mass is 9.81. The van der Waals surface area contributed by atoms with Crippen LogP contribution in [-0.4, -0.2) is 46.0 Å². The van der Waals surface area contributed by atoms with Crippen LogP contribution in [0.4, 0.5) is 0 Å². The van der Waals surface area contributed by atoms with Crippen LogP contribution in [0.1, 0.15) is 57.8 Å². The molecule has 1 aliphatic carbocycles. The van der Waals surface area contributed by atoms with Crippen LogP contribution in [0.25, 0.3) is 10.9 Å². The normalized spacial score (nSPS) is 28.9. The molecule has 0 spiro atoms. The molecule has 0 unspecified atom stereocenters. The molecule has 1 saturated carbocycles. The first-order chi connectivity index (χ1) is 15.7. The maximum atomic E-state index is 12.9. The molecule has 2 aromatic rings. The van der Waals surface area contributed by atoms with Crippen molar-refractivity contribution in [3.8, 4) is 0 Å². The smallest absolute Gasteiger partial charge is 0.261 e. The van der Waals surface area contributed by atoms with Crippen molar-refractivity contribution in [2.24, 2.45) is 17.8 Å². The number of rotatable bonds is 5. The second-order valence-corrected chi connectivity index (χ2v) is 10.2. The molecule has 0 bridgehead atoms. The Balaban J connectivity index is 1.11. The zero-order valence-electron chi connectivity index (χ0n) is 19.0. The number of para-hydroxylation sites is 1. The van der Waals surface area contributed by atoms with Crippen LogP contribution in [0.3, 0.4) is 0 Å². The summed E-state index contributed by atoms with van der Waals surface area (Å²) in [6.07, 6.45) is 12.0. The molecule has 0 radical (unpaired) electrons. The van der Waals surface area contributed by atoms with Gasteiger partial charge in [0.25, 0.3) is 5.56 Å². The molecule has 3 fully saturated rings. The zero-order valence-corrected chi connectivity index (χ0v) is 19.0. The molecular weight excluding hydrogens is 400 g/mol. The molecule has 6 heteroatoms. The van der Waals surface area contributed by atoms with Crippen LogP contribution < -0.4 is 10.9 Å². The van der Waals surface area contributed by atoms with E-state index in [1.165, 1.54) is 45.2 Å². The minimum absolute atomic E-state index is 0.0414. The Labute approximate surface area is 190 Å². The molecule has 3 aliphatic rings. The lowest BCUT2D eigenvalue weighted by Gasteiger charge is -2.44. The topological polar surface area (TPSA) is 67.2 Å². The summed E-state index contributed by atoms with van der Waals surface area (Å²) >= 11 is 0. The van der Waals surface area contributed by atoms with E-state index in [9.17, 15) is 9.59 Å². The van der Waals surface area contributed by atoms with E-state index in [1.54, 1.807) is 10.9 Å². The predicted molar refractivity (Wildman–Crippen MR) is 126 cm³/mol. The Bertz CT molecular complexity index is 993. The zero-order chi connectivity index (χ0) is 21.9. The second-order valence-electron chi connectivity index (χ2n) is 10.2. The van der Waals surface area contributed by atoms with Gasteiger partial charge in [-0.1, -0.05) is 18.6 Å². The number of amides is 1. The van der Waals surface area contributed by atoms with Gasteiger partial charge in [0, 0.05) is 25.0 Å². The molecule has 1 N–H and O–H groups in total. The van der Waals surface area contributed by atoms with E-state index >= 15 is 0 Å². The third-order valence-electron chi connectivity index (χ3n) is 8.17. The number of aromatic nitrogens is 2. The molecular formula is C26H36N4O2. The SMILES string of the molecule is O=C(NC[C@@H]1CCCN2CCCC[C@H]12)C1CCC(Cn2cnc3ccccc3c2=O)CC1. The van der Waals surface area contributed by atoms with Gasteiger partial charge in [0.15, 0.2) is 0 Å². The average Bonchev–Trinajstić information content (AvgIpc) is 2.85. The summed E-state index contributed by atoms with van der Waals surface area (Å²) in [6.45, 7) is 4.03. The van der Waals surface area contributed by atoms with Crippen molar-refractivity contribution in [1.82, 2.24) is 19.8 Å². The summed E-state index contributed by atoms with van der Waals surface area (Å²) in [5, 5.41) is 4.00. The van der Waals surface area contributed by atoms with Gasteiger partial charge in [-0.25, -0.2) is 4.98 Å². The van der Waals surface area contributed by atoms with Gasteiger partial charge in [-0.2, -0.15) is 0 Å². The van der Waals surface area contributed by atoms with E-state index in [-0.39, 0.29) is 17.4 Å². The average molecular weight is 437 g/mol. The van der Waals surface area contributed by atoms with E-state index in [1.807, 2.05) is 24.3 Å². The number of nitrogens with zero attached hydrogens (tertiary/aromatic N) is 3. The second kappa shape index (κ2) is 9.74. The van der Waals surface area contributed by atoms with Gasteiger partial charge in [-0.3, -0.25) is 14.2 Å². The Morgan fingerprint density at radius 3 is 2.69 bits per heavy atom. The standard InChI is InChI=1S/C26H36N4O2/c31-25(27-16-21-6-5-15-29-14-4-3-9-24(21)29)20-12-10-19(11-13-20)17-30-18-28-23-8-2-1-7-22(23)26(30)32/h1-2,7-8,18-21,24H,3-6,9-17H2,(H,27,31)/t19?,20?,21-,24+/m0/s1. The van der Waals surface area contributed by atoms with Crippen molar-refractivity contribution in [2.45, 2.75) is 70.4 Å². The highest BCUT2D eigenvalue weighted by atomic mass is 16.2. The fraction of sp³-hybridized carbons (Fsp3) is 0.654. The molecule has 2 atom stereocenters. The first-order valence-corrected chi connectivity index (χ1v) is 12.6. The van der Waals surface area contributed by atoms with Crippen LogP contribution >= 0.6 is 0 Å². The summed E-state index contributed by atoms with van der Waals surface area (Å²) in [6, 6.07) is 8.21. The first kappa shape index (κ1) is 21.6. The lowest BCUT2D eigenvalue weighted by Crippen LogP contribution is -2.51. The van der Waals surface area contributed by atoms with Crippen LogP contribution in [0.2, 0.25) is 0 Å². The van der Waals surface area contributed by atoms with Gasteiger partial charge < -0.3 is 10.2 Å². The van der Waals surface area contributed by atoms with E-state index in [4.69, 9.17) is 0 Å². The predicted octanol–water partition coefficient (Wildman–Crippen LogP) is 3.58. The highest BCUT2D eigenvalue weighted by Crippen LogP contribution is 2.32. The van der Waals surface area contributed by atoms with Gasteiger partial charge in [-0.05, 0) is 88.4 Å². The Hall–Kier alpha value is -2.21. The molecule has 2 aliphatic heterocycles. The Morgan fingerprint density at radius 1 is 1.00 bits per heavy atom. The van der Waals surface area contributed by atoms with Crippen molar-refractivity contribution < 1.29 is 4.79 Å². The quantitative estimate of drug-likeness (QED) is 0.778. The third kappa shape index (κ3) is 4.61. The van der Waals surface area contributed by atoms with Crippen LogP contribution in [0, 0.1) is 17.8 Å². The number of carbonyl (C=O) groups excluding carboxylic acids is 1. The highest BCUT2D eigenvalue weighted by molar-refractivity contribution is 5.78. The van der Waals surface area contributed by atoms with Gasteiger partial charge in [0.1, 0.15) is 0 Å². The summed E-state index contributed by atoms with van der Waals surface area (Å²) in [4.78, 5) is 32.8. The molecule has 3 heterocycles. The lowest BCUT2D eigenvalue weighted by molar-refractivity contribution is -0.126. The van der Waals surface area contributed by atoms with Crippen molar-refractivity contribution in [3.05, 3.63) is 40.9 Å². The number of fused-ring (bicyclic) bond motifs is 2. The fourth-order valence-electron chi connectivity index (χ4n) is 6.31. The molecule has 2 saturated heterocycles. The molecule has 172 valence electrons. The van der Waals surface area contributed by atoms with E-state index < -0.39 is 0 Å². The van der Waals surface area contributed by atoms with E-state index in [0.29, 0.717) is 29.8 Å². The number of nitrogens with one attached hydrogen (secondary N) is 1. The van der Waals surface area contributed by atoms with Crippen molar-refractivity contribution in [3.63, 3.8) is 0 Å². The maximum Gasteiger partial charge on any atom is 0.261 e. The number of hydrogen-bond acceptors (Lipinski definition) is 4. The summed E-state index contributed by atoms with van der Waals surface area (Å²) in [7, 11) is 0. The van der Waals surface area contributed by atoms with Gasteiger partial charge in [0.05, 0.1) is 17.2 Å². The van der Waals surface area contributed by atoms with Crippen LogP contribution in [-0.2, 0) is 11.3 Å². The molecule has 32 heavy (non-hydrogen) atoms. The summed E-state index contributed by atoms with van der Waals surface area (Å²) < 4.78 is 1.76. The molecule has 1 aromatic carbocycles. The Morgan fingerprint density at radius 2 is 1.81 bits per heavy atom. The molecule has 1 amide bonds. The Kier molecular flexibility index (Phi) is 6.58. The molecule has 1 aromatic heterocycles. The number of hydrogen-bond donors (Lipinski definition) is 1. The van der Waals surface area contributed by atoms with Crippen LogP contribution in [0.15, 0.2) is 35.4 Å². The summed E-state index contributed by atoms with van der Waals surface area (Å²) in [5.74, 6) is 1.44. The van der Waals surface area contributed by atoms with Crippen molar-refractivity contribution >= 4 is 16.8 Å². The highest BCUT2D eigenvalue weighted by Gasteiger charge is 2.34. The number of carbonyl (C=O) groups is 1. The fourth-order valence-corrected chi connectivity index (χ4v) is 6.31. The molecule has 5 rings (SSSR count). The summed E-state index contributed by atoms with van der Waals surface area (Å²) in [5.41, 5.74) is 0.795. The van der Waals surface area contributed by atoms with Gasteiger partial charge >= 0.3 is 0 Å². The van der Waals surface area contributed by atoms with E-state index in [0.717, 1.165) is 37.7 Å². The maximum absolute atomic E-state index is 12.9. The van der Waals surface area contributed by atoms with Crippen molar-refractivity contribution in [1.29, 1.82) is 0 Å². The van der Waals surface area contributed by atoms with Crippen LogP contribution in [0.5, 0.6) is 0 Å². The molecule has 6 nitrogen and oxygen atoms in total. The van der Waals surface area contributed by atoms with Gasteiger partial charge in [0.2, 0.25) is 5.91 Å². The largest absolute Gasteiger partial charge is 0.356 e. The van der Waals surface area contributed by atoms with Gasteiger partial charge in [-0.15, -0.1) is 0 Å². The minimum atomic E-state index is 0.0414. The van der Waals surface area contributed by atoms with E-state index in [2.05, 4.69) is 15.2 Å². The number of benzene rings is 1. The number of piperidine rings is 2. The van der Waals surface area contributed by atoms with Crippen molar-refractivity contribution in [2.75, 3.05) is 19.6 Å². The third-order valence-corrected chi connectivity index (χ3v) is 8.17. The minimum Gasteiger partial charge on any atom is -0.356 e.